The second-order valence-corrected chi connectivity index (χ2v) is 6.05. The minimum Gasteiger partial charge on any atom is -0.431 e. The van der Waals surface area contributed by atoms with Crippen molar-refractivity contribution < 1.29 is 9.53 Å². The number of benzene rings is 2. The second-order valence-electron chi connectivity index (χ2n) is 5.20. The number of amides is 1. The second kappa shape index (κ2) is 6.62. The quantitative estimate of drug-likeness (QED) is 0.749. The molecule has 0 radical (unpaired) electrons. The molecule has 0 aliphatic carbocycles. The van der Waals surface area contributed by atoms with Gasteiger partial charge in [0.15, 0.2) is 0 Å². The molecule has 0 saturated carbocycles. The number of thiazole rings is 1. The third-order valence-corrected chi connectivity index (χ3v) is 4.02. The molecule has 3 aromatic rings. The van der Waals surface area contributed by atoms with Gasteiger partial charge in [0.2, 0.25) is 0 Å². The van der Waals surface area contributed by atoms with E-state index in [9.17, 15) is 4.79 Å². The third kappa shape index (κ3) is 3.76. The fraction of sp³-hybridized carbons (Fsp3) is 0.111. The van der Waals surface area contributed by atoms with Gasteiger partial charge in [0, 0.05) is 22.8 Å². The van der Waals surface area contributed by atoms with E-state index in [4.69, 9.17) is 4.74 Å². The van der Waals surface area contributed by atoms with Crippen molar-refractivity contribution in [2.24, 2.45) is 0 Å². The number of carbonyl (C=O) groups is 1. The fourth-order valence-corrected chi connectivity index (χ4v) is 2.61. The first-order valence-corrected chi connectivity index (χ1v) is 8.06. The Balaban J connectivity index is 1.71. The zero-order valence-corrected chi connectivity index (χ0v) is 13.7. The van der Waals surface area contributed by atoms with E-state index < -0.39 is 0 Å². The smallest absolute Gasteiger partial charge is 0.278 e. The van der Waals surface area contributed by atoms with Crippen LogP contribution in [0.15, 0.2) is 54.0 Å². The molecule has 0 atom stereocenters. The Morgan fingerprint density at radius 2 is 1.91 bits per heavy atom. The van der Waals surface area contributed by atoms with Crippen LogP contribution < -0.4 is 10.1 Å². The molecule has 4 nitrogen and oxygen atoms in total. The van der Waals surface area contributed by atoms with Crippen molar-refractivity contribution in [3.05, 3.63) is 70.7 Å². The van der Waals surface area contributed by atoms with Crippen LogP contribution in [0.3, 0.4) is 0 Å². The number of aromatic nitrogens is 1. The van der Waals surface area contributed by atoms with Crippen LogP contribution >= 0.6 is 11.3 Å². The van der Waals surface area contributed by atoms with Crippen molar-refractivity contribution in [2.75, 3.05) is 5.32 Å². The molecule has 0 spiro atoms. The number of nitrogens with one attached hydrogen (secondary N) is 1. The summed E-state index contributed by atoms with van der Waals surface area (Å²) in [5.41, 5.74) is 3.56. The number of anilines is 1. The Kier molecular flexibility index (Phi) is 4.39. The van der Waals surface area contributed by atoms with E-state index in [-0.39, 0.29) is 5.91 Å². The molecular weight excluding hydrogens is 308 g/mol. The van der Waals surface area contributed by atoms with Crippen LogP contribution in [0.5, 0.6) is 10.9 Å². The predicted octanol–water partition coefficient (Wildman–Crippen LogP) is 4.80. The maximum absolute atomic E-state index is 12.3. The van der Waals surface area contributed by atoms with Gasteiger partial charge in [0.25, 0.3) is 11.1 Å². The molecule has 0 aliphatic rings. The molecule has 0 bridgehead atoms. The van der Waals surface area contributed by atoms with Crippen LogP contribution in [0.2, 0.25) is 0 Å². The van der Waals surface area contributed by atoms with E-state index in [0.717, 1.165) is 16.8 Å². The largest absolute Gasteiger partial charge is 0.431 e. The summed E-state index contributed by atoms with van der Waals surface area (Å²) in [6, 6.07) is 13.0. The first-order valence-electron chi connectivity index (χ1n) is 7.18. The highest BCUT2D eigenvalue weighted by Crippen LogP contribution is 2.24. The number of ether oxygens (including phenoxy) is 1. The summed E-state index contributed by atoms with van der Waals surface area (Å²) in [4.78, 5) is 16.4. The monoisotopic (exact) mass is 324 g/mol. The van der Waals surface area contributed by atoms with Crippen LogP contribution in [-0.4, -0.2) is 10.9 Å². The van der Waals surface area contributed by atoms with Gasteiger partial charge in [-0.15, -0.1) is 0 Å². The van der Waals surface area contributed by atoms with Crippen LogP contribution in [-0.2, 0) is 0 Å². The Labute approximate surface area is 138 Å². The van der Waals surface area contributed by atoms with Crippen LogP contribution in [0.25, 0.3) is 0 Å². The maximum Gasteiger partial charge on any atom is 0.278 e. The zero-order valence-electron chi connectivity index (χ0n) is 12.9. The molecule has 2 aromatic carbocycles. The van der Waals surface area contributed by atoms with E-state index in [1.165, 1.54) is 11.3 Å². The molecule has 0 aliphatic heterocycles. The summed E-state index contributed by atoms with van der Waals surface area (Å²) < 4.78 is 5.58. The topological polar surface area (TPSA) is 51.2 Å². The average molecular weight is 324 g/mol. The summed E-state index contributed by atoms with van der Waals surface area (Å²) in [5.74, 6) is 0.516. The predicted molar refractivity (Wildman–Crippen MR) is 92.5 cm³/mol. The standard InChI is InChI=1S/C18H16N2O2S/c1-12-3-4-13(2)16(11-12)20-17(21)14-5-7-15(8-6-14)22-18-19-9-10-23-18/h3-11H,1-2H3,(H,20,21). The lowest BCUT2D eigenvalue weighted by molar-refractivity contribution is 0.102. The Hall–Kier alpha value is -2.66. The van der Waals surface area contributed by atoms with Gasteiger partial charge < -0.3 is 10.1 Å². The van der Waals surface area contributed by atoms with Gasteiger partial charge in [-0.1, -0.05) is 23.5 Å². The highest BCUT2D eigenvalue weighted by Gasteiger charge is 2.08. The van der Waals surface area contributed by atoms with Crippen molar-refractivity contribution in [2.45, 2.75) is 13.8 Å². The lowest BCUT2D eigenvalue weighted by Gasteiger charge is -2.10. The van der Waals surface area contributed by atoms with E-state index in [1.807, 2.05) is 37.4 Å². The number of carbonyl (C=O) groups excluding carboxylic acids is 1. The number of hydrogen-bond acceptors (Lipinski definition) is 4. The lowest BCUT2D eigenvalue weighted by Crippen LogP contribution is -2.12. The summed E-state index contributed by atoms with van der Waals surface area (Å²) in [5, 5.41) is 5.37. The van der Waals surface area contributed by atoms with Gasteiger partial charge in [-0.25, -0.2) is 4.98 Å². The normalized spacial score (nSPS) is 10.3. The molecule has 0 unspecified atom stereocenters. The van der Waals surface area contributed by atoms with Crippen molar-refractivity contribution in [1.82, 2.24) is 4.98 Å². The Morgan fingerprint density at radius 3 is 2.61 bits per heavy atom. The maximum atomic E-state index is 12.3. The molecule has 116 valence electrons. The molecule has 3 rings (SSSR count). The van der Waals surface area contributed by atoms with E-state index in [1.54, 1.807) is 30.5 Å². The minimum atomic E-state index is -0.139. The first kappa shape index (κ1) is 15.2. The summed E-state index contributed by atoms with van der Waals surface area (Å²) in [6.45, 7) is 3.97. The van der Waals surface area contributed by atoms with Gasteiger partial charge in [0.1, 0.15) is 5.75 Å². The van der Waals surface area contributed by atoms with Crippen molar-refractivity contribution in [1.29, 1.82) is 0 Å². The number of nitrogens with zero attached hydrogens (tertiary/aromatic N) is 1. The highest BCUT2D eigenvalue weighted by atomic mass is 32.1. The van der Waals surface area contributed by atoms with Crippen molar-refractivity contribution in [3.63, 3.8) is 0 Å². The number of hydrogen-bond donors (Lipinski definition) is 1. The van der Waals surface area contributed by atoms with E-state index in [0.29, 0.717) is 16.5 Å². The van der Waals surface area contributed by atoms with Crippen LogP contribution in [0, 0.1) is 13.8 Å². The Morgan fingerprint density at radius 1 is 1.13 bits per heavy atom. The molecule has 23 heavy (non-hydrogen) atoms. The third-order valence-electron chi connectivity index (χ3n) is 3.37. The lowest BCUT2D eigenvalue weighted by atomic mass is 10.1. The Bertz CT molecular complexity index is 812. The molecular formula is C18H16N2O2S. The number of aryl methyl sites for hydroxylation is 2. The molecule has 1 N–H and O–H groups in total. The SMILES string of the molecule is Cc1ccc(C)c(NC(=O)c2ccc(Oc3nccs3)cc2)c1. The van der Waals surface area contributed by atoms with Crippen molar-refractivity contribution in [3.8, 4) is 10.9 Å². The van der Waals surface area contributed by atoms with E-state index in [2.05, 4.69) is 10.3 Å². The van der Waals surface area contributed by atoms with Gasteiger partial charge in [-0.2, -0.15) is 0 Å². The summed E-state index contributed by atoms with van der Waals surface area (Å²) in [7, 11) is 0. The van der Waals surface area contributed by atoms with Gasteiger partial charge in [-0.3, -0.25) is 4.79 Å². The molecule has 1 aromatic heterocycles. The van der Waals surface area contributed by atoms with Crippen LogP contribution in [0.4, 0.5) is 5.69 Å². The first-order chi connectivity index (χ1) is 11.1. The van der Waals surface area contributed by atoms with Crippen LogP contribution in [0.1, 0.15) is 21.5 Å². The summed E-state index contributed by atoms with van der Waals surface area (Å²) >= 11 is 1.42. The molecule has 1 amide bonds. The van der Waals surface area contributed by atoms with Crippen molar-refractivity contribution >= 4 is 22.9 Å². The molecule has 5 heteroatoms. The summed E-state index contributed by atoms with van der Waals surface area (Å²) in [6.07, 6.45) is 1.69. The highest BCUT2D eigenvalue weighted by molar-refractivity contribution is 7.11. The zero-order chi connectivity index (χ0) is 16.2. The van der Waals surface area contributed by atoms with Gasteiger partial charge in [0.05, 0.1) is 0 Å². The average Bonchev–Trinajstić information content (AvgIpc) is 3.04. The van der Waals surface area contributed by atoms with Gasteiger partial charge in [-0.05, 0) is 55.3 Å². The fourth-order valence-electron chi connectivity index (χ4n) is 2.10. The van der Waals surface area contributed by atoms with E-state index >= 15 is 0 Å². The number of rotatable bonds is 4. The molecule has 0 fully saturated rings. The van der Waals surface area contributed by atoms with Gasteiger partial charge >= 0.3 is 0 Å². The molecule has 0 saturated heterocycles. The minimum absolute atomic E-state index is 0.139. The molecule has 1 heterocycles.